The summed E-state index contributed by atoms with van der Waals surface area (Å²) in [6, 6.07) is 7.10. The molecule has 2 fully saturated rings. The highest BCUT2D eigenvalue weighted by Gasteiger charge is 2.30. The van der Waals surface area contributed by atoms with Gasteiger partial charge in [-0.1, -0.05) is 25.0 Å². The number of halogens is 2. The number of nitrogens with zero attached hydrogens (tertiary/aromatic N) is 2. The van der Waals surface area contributed by atoms with Crippen LogP contribution in [0.3, 0.4) is 0 Å². The number of nitrogens with one attached hydrogen (secondary N) is 2. The van der Waals surface area contributed by atoms with Gasteiger partial charge in [0.15, 0.2) is 5.96 Å². The van der Waals surface area contributed by atoms with Gasteiger partial charge in [0.2, 0.25) is 0 Å². The third-order valence-corrected chi connectivity index (χ3v) is 5.42. The maximum absolute atomic E-state index is 13.0. The van der Waals surface area contributed by atoms with E-state index in [0.29, 0.717) is 11.6 Å². The van der Waals surface area contributed by atoms with Gasteiger partial charge >= 0.3 is 0 Å². The van der Waals surface area contributed by atoms with Crippen LogP contribution in [0, 0.1) is 5.82 Å². The van der Waals surface area contributed by atoms with Gasteiger partial charge in [0.25, 0.3) is 0 Å². The lowest BCUT2D eigenvalue weighted by Gasteiger charge is -2.24. The van der Waals surface area contributed by atoms with Crippen molar-refractivity contribution < 1.29 is 9.50 Å². The van der Waals surface area contributed by atoms with Gasteiger partial charge in [0, 0.05) is 31.7 Å². The Morgan fingerprint density at radius 2 is 1.96 bits per heavy atom. The second-order valence-corrected chi connectivity index (χ2v) is 7.35. The summed E-state index contributed by atoms with van der Waals surface area (Å²) in [5, 5.41) is 17.1. The molecule has 0 radical (unpaired) electrons. The van der Waals surface area contributed by atoms with Crippen molar-refractivity contribution in [2.24, 2.45) is 4.99 Å². The molecule has 2 atom stereocenters. The number of aliphatic hydroxyl groups excluding tert-OH is 1. The van der Waals surface area contributed by atoms with Crippen molar-refractivity contribution in [1.82, 2.24) is 15.5 Å². The summed E-state index contributed by atoms with van der Waals surface area (Å²) < 4.78 is 13.0. The molecular weight excluding hydrogens is 458 g/mol. The minimum absolute atomic E-state index is 0. The first-order valence-corrected chi connectivity index (χ1v) is 9.88. The molecule has 0 spiro atoms. The maximum atomic E-state index is 13.0. The van der Waals surface area contributed by atoms with E-state index in [1.807, 2.05) is 6.92 Å². The highest BCUT2D eigenvalue weighted by Crippen LogP contribution is 2.26. The molecule has 0 bridgehead atoms. The molecule has 1 aliphatic heterocycles. The standard InChI is InChI=1S/C20H31FN4O.HI/c1-2-22-20(23-13-19(26)15-7-9-16(21)10-8-15)24-17-11-12-25(14-17)18-5-3-4-6-18;/h7-10,17-19,26H,2-6,11-14H2,1H3,(H2,22,23,24);1H. The van der Waals surface area contributed by atoms with E-state index in [4.69, 9.17) is 0 Å². The smallest absolute Gasteiger partial charge is 0.191 e. The van der Waals surface area contributed by atoms with Crippen molar-refractivity contribution >= 4 is 29.9 Å². The minimum atomic E-state index is -0.732. The molecule has 2 aliphatic rings. The number of guanidine groups is 1. The lowest BCUT2D eigenvalue weighted by atomic mass is 10.1. The summed E-state index contributed by atoms with van der Waals surface area (Å²) >= 11 is 0. The van der Waals surface area contributed by atoms with Crippen molar-refractivity contribution in [3.05, 3.63) is 35.6 Å². The van der Waals surface area contributed by atoms with Gasteiger partial charge in [-0.05, 0) is 43.9 Å². The Hall–Kier alpha value is -0.930. The van der Waals surface area contributed by atoms with E-state index in [-0.39, 0.29) is 36.3 Å². The summed E-state index contributed by atoms with van der Waals surface area (Å²) in [4.78, 5) is 7.14. The molecule has 0 aromatic heterocycles. The Morgan fingerprint density at radius 3 is 2.63 bits per heavy atom. The molecule has 1 aromatic carbocycles. The number of aliphatic hydroxyl groups is 1. The van der Waals surface area contributed by atoms with Crippen molar-refractivity contribution in [3.63, 3.8) is 0 Å². The molecule has 3 rings (SSSR count). The van der Waals surface area contributed by atoms with Crippen LogP contribution < -0.4 is 10.6 Å². The maximum Gasteiger partial charge on any atom is 0.191 e. The van der Waals surface area contributed by atoms with Crippen molar-refractivity contribution in [2.75, 3.05) is 26.2 Å². The summed E-state index contributed by atoms with van der Waals surface area (Å²) in [7, 11) is 0. The van der Waals surface area contributed by atoms with Gasteiger partial charge < -0.3 is 15.7 Å². The Morgan fingerprint density at radius 1 is 1.26 bits per heavy atom. The first kappa shape index (κ1) is 22.4. The summed E-state index contributed by atoms with van der Waals surface area (Å²) in [6.45, 7) is 5.28. The van der Waals surface area contributed by atoms with E-state index >= 15 is 0 Å². The van der Waals surface area contributed by atoms with E-state index in [9.17, 15) is 9.50 Å². The molecule has 5 nitrogen and oxygen atoms in total. The highest BCUT2D eigenvalue weighted by molar-refractivity contribution is 14.0. The van der Waals surface area contributed by atoms with E-state index in [0.717, 1.165) is 38.1 Å². The Balaban J connectivity index is 0.00000261. The van der Waals surface area contributed by atoms with Crippen LogP contribution in [0.1, 0.15) is 50.7 Å². The Kier molecular flexibility index (Phi) is 9.25. The molecule has 1 aliphatic carbocycles. The topological polar surface area (TPSA) is 59.9 Å². The number of rotatable bonds is 6. The van der Waals surface area contributed by atoms with Crippen LogP contribution in [0.4, 0.5) is 4.39 Å². The molecule has 0 amide bonds. The summed E-state index contributed by atoms with van der Waals surface area (Å²) in [5.41, 5.74) is 0.680. The second-order valence-electron chi connectivity index (χ2n) is 7.35. The number of hydrogen-bond acceptors (Lipinski definition) is 3. The van der Waals surface area contributed by atoms with Crippen LogP contribution in [0.15, 0.2) is 29.3 Å². The van der Waals surface area contributed by atoms with E-state index in [2.05, 4.69) is 20.5 Å². The SMILES string of the molecule is CCNC(=NCC(O)c1ccc(F)cc1)NC1CCN(C2CCCC2)C1.I. The zero-order chi connectivity index (χ0) is 18.4. The van der Waals surface area contributed by atoms with Gasteiger partial charge in [0.1, 0.15) is 5.82 Å². The number of hydrogen-bond donors (Lipinski definition) is 3. The zero-order valence-electron chi connectivity index (χ0n) is 16.0. The fraction of sp³-hybridized carbons (Fsp3) is 0.650. The predicted molar refractivity (Wildman–Crippen MR) is 118 cm³/mol. The monoisotopic (exact) mass is 490 g/mol. The van der Waals surface area contributed by atoms with Crippen LogP contribution in [-0.4, -0.2) is 54.2 Å². The highest BCUT2D eigenvalue weighted by atomic mass is 127. The molecule has 7 heteroatoms. The zero-order valence-corrected chi connectivity index (χ0v) is 18.4. The van der Waals surface area contributed by atoms with Crippen molar-refractivity contribution in [1.29, 1.82) is 0 Å². The lowest BCUT2D eigenvalue weighted by Crippen LogP contribution is -2.45. The summed E-state index contributed by atoms with van der Waals surface area (Å²) in [6.07, 6.45) is 5.80. The number of aliphatic imine (C=N–C) groups is 1. The third kappa shape index (κ3) is 6.57. The first-order valence-electron chi connectivity index (χ1n) is 9.88. The molecule has 27 heavy (non-hydrogen) atoms. The number of benzene rings is 1. The first-order chi connectivity index (χ1) is 12.7. The van der Waals surface area contributed by atoms with Gasteiger partial charge in [-0.3, -0.25) is 9.89 Å². The van der Waals surface area contributed by atoms with Crippen molar-refractivity contribution in [2.45, 2.75) is 57.2 Å². The predicted octanol–water partition coefficient (Wildman–Crippen LogP) is 3.05. The van der Waals surface area contributed by atoms with Gasteiger partial charge in [-0.25, -0.2) is 4.39 Å². The van der Waals surface area contributed by atoms with E-state index in [1.54, 1.807) is 12.1 Å². The molecule has 1 saturated heterocycles. The fourth-order valence-corrected chi connectivity index (χ4v) is 3.99. The van der Waals surface area contributed by atoms with Crippen LogP contribution in [-0.2, 0) is 0 Å². The fourth-order valence-electron chi connectivity index (χ4n) is 3.99. The molecule has 3 N–H and O–H groups in total. The number of likely N-dealkylation sites (tertiary alicyclic amines) is 1. The normalized spacial score (nSPS) is 22.5. The van der Waals surface area contributed by atoms with Crippen LogP contribution >= 0.6 is 24.0 Å². The largest absolute Gasteiger partial charge is 0.386 e. The summed E-state index contributed by atoms with van der Waals surface area (Å²) in [5.74, 6) is 0.444. The molecule has 2 unspecified atom stereocenters. The molecule has 1 saturated carbocycles. The molecular formula is C20H32FIN4O. The molecule has 1 heterocycles. The van der Waals surface area contributed by atoms with Crippen LogP contribution in [0.5, 0.6) is 0 Å². The van der Waals surface area contributed by atoms with Gasteiger partial charge in [0.05, 0.1) is 12.6 Å². The van der Waals surface area contributed by atoms with E-state index < -0.39 is 6.10 Å². The third-order valence-electron chi connectivity index (χ3n) is 5.42. The Bertz CT molecular complexity index is 592. The van der Waals surface area contributed by atoms with Crippen LogP contribution in [0.2, 0.25) is 0 Å². The van der Waals surface area contributed by atoms with Crippen LogP contribution in [0.25, 0.3) is 0 Å². The molecule has 152 valence electrons. The average molecular weight is 490 g/mol. The quantitative estimate of drug-likeness (QED) is 0.326. The van der Waals surface area contributed by atoms with Gasteiger partial charge in [-0.15, -0.1) is 24.0 Å². The minimum Gasteiger partial charge on any atom is -0.386 e. The lowest BCUT2D eigenvalue weighted by molar-refractivity contribution is 0.187. The van der Waals surface area contributed by atoms with Crippen molar-refractivity contribution in [3.8, 4) is 0 Å². The van der Waals surface area contributed by atoms with Gasteiger partial charge in [-0.2, -0.15) is 0 Å². The Labute approximate surface area is 178 Å². The molecule has 1 aromatic rings. The second kappa shape index (κ2) is 11.2. The average Bonchev–Trinajstić information content (AvgIpc) is 3.32. The van der Waals surface area contributed by atoms with E-state index in [1.165, 1.54) is 37.8 Å².